The number of aryl methyl sites for hydroxylation is 1. The second-order valence-corrected chi connectivity index (χ2v) is 8.20. The van der Waals surface area contributed by atoms with E-state index in [4.69, 9.17) is 5.73 Å². The molecule has 2 heterocycles. The molecular weight excluding hydrogens is 360 g/mol. The van der Waals surface area contributed by atoms with Gasteiger partial charge in [0, 0.05) is 43.1 Å². The monoisotopic (exact) mass is 386 g/mol. The summed E-state index contributed by atoms with van der Waals surface area (Å²) in [7, 11) is 1.87. The Morgan fingerprint density at radius 3 is 2.67 bits per heavy atom. The Hall–Kier alpha value is -2.28. The highest BCUT2D eigenvalue weighted by Crippen LogP contribution is 2.35. The molecule has 0 bridgehead atoms. The number of hydrogen-bond acceptors (Lipinski definition) is 4. The summed E-state index contributed by atoms with van der Waals surface area (Å²) in [5.41, 5.74) is 9.41. The summed E-state index contributed by atoms with van der Waals surface area (Å²) in [6, 6.07) is 7.72. The number of nitrogens with zero attached hydrogens (tertiary/aromatic N) is 3. The molecule has 1 aliphatic heterocycles. The van der Waals surface area contributed by atoms with Gasteiger partial charge in [0.15, 0.2) is 0 Å². The van der Waals surface area contributed by atoms with E-state index in [2.05, 4.69) is 12.0 Å². The van der Waals surface area contributed by atoms with Crippen LogP contribution in [0.5, 0.6) is 0 Å². The quantitative estimate of drug-likeness (QED) is 0.826. The van der Waals surface area contributed by atoms with Gasteiger partial charge in [0.2, 0.25) is 5.91 Å². The predicted octanol–water partition coefficient (Wildman–Crippen LogP) is 2.32. The van der Waals surface area contributed by atoms with E-state index < -0.39 is 5.92 Å². The van der Waals surface area contributed by atoms with Crippen molar-refractivity contribution in [2.75, 3.05) is 18.8 Å². The summed E-state index contributed by atoms with van der Waals surface area (Å²) < 4.78 is 1.79. The summed E-state index contributed by atoms with van der Waals surface area (Å²) in [5.74, 6) is 0.895. The lowest BCUT2D eigenvalue weighted by molar-refractivity contribution is -0.121. The molecule has 0 saturated carbocycles. The van der Waals surface area contributed by atoms with Crippen molar-refractivity contribution in [2.24, 2.45) is 18.7 Å². The fourth-order valence-corrected chi connectivity index (χ4v) is 4.37. The van der Waals surface area contributed by atoms with Gasteiger partial charge in [-0.25, -0.2) is 0 Å². The van der Waals surface area contributed by atoms with Crippen molar-refractivity contribution in [3.63, 3.8) is 0 Å². The maximum absolute atomic E-state index is 13.2. The third kappa shape index (κ3) is 3.88. The molecule has 2 N–H and O–H groups in total. The number of carbonyl (C=O) groups excluding carboxylic acids is 2. The maximum Gasteiger partial charge on any atom is 0.254 e. The molecule has 1 aromatic heterocycles. The summed E-state index contributed by atoms with van der Waals surface area (Å²) in [6.07, 6.45) is 1.79. The molecule has 7 heteroatoms. The number of hydrogen-bond donors (Lipinski definition) is 1. The van der Waals surface area contributed by atoms with Crippen LogP contribution in [0.1, 0.15) is 40.0 Å². The van der Waals surface area contributed by atoms with E-state index in [0.29, 0.717) is 18.7 Å². The van der Waals surface area contributed by atoms with Gasteiger partial charge in [0.05, 0.1) is 12.1 Å². The Kier molecular flexibility index (Phi) is 5.89. The van der Waals surface area contributed by atoms with Crippen molar-refractivity contribution in [1.29, 1.82) is 0 Å². The van der Waals surface area contributed by atoms with E-state index in [1.165, 1.54) is 0 Å². The average molecular weight is 387 g/mol. The van der Waals surface area contributed by atoms with Crippen molar-refractivity contribution in [3.05, 3.63) is 52.8 Å². The molecule has 3 rings (SSSR count). The van der Waals surface area contributed by atoms with Gasteiger partial charge in [0.25, 0.3) is 5.91 Å². The number of thioether (sulfide) groups is 1. The third-order valence-corrected chi connectivity index (χ3v) is 6.28. The normalized spacial score (nSPS) is 19.4. The Labute approximate surface area is 164 Å². The van der Waals surface area contributed by atoms with Gasteiger partial charge in [-0.05, 0) is 29.9 Å². The van der Waals surface area contributed by atoms with Crippen molar-refractivity contribution in [1.82, 2.24) is 14.7 Å². The van der Waals surface area contributed by atoms with Gasteiger partial charge in [0.1, 0.15) is 0 Å². The summed E-state index contributed by atoms with van der Waals surface area (Å²) in [5, 5.41) is 4.29. The van der Waals surface area contributed by atoms with E-state index in [9.17, 15) is 9.59 Å². The minimum atomic E-state index is -0.394. The number of nitrogens with two attached hydrogens (primary N) is 1. The fraction of sp³-hybridized carbons (Fsp3) is 0.450. The van der Waals surface area contributed by atoms with Crippen LogP contribution in [0.3, 0.4) is 0 Å². The highest BCUT2D eigenvalue weighted by Gasteiger charge is 2.41. The Bertz CT molecular complexity index is 848. The molecule has 6 nitrogen and oxygen atoms in total. The van der Waals surface area contributed by atoms with Crippen LogP contribution in [0.4, 0.5) is 0 Å². The second kappa shape index (κ2) is 8.17. The highest BCUT2D eigenvalue weighted by atomic mass is 32.2. The first-order valence-electron chi connectivity index (χ1n) is 9.16. The first-order chi connectivity index (χ1) is 12.9. The topological polar surface area (TPSA) is 81.2 Å². The smallest absolute Gasteiger partial charge is 0.254 e. The van der Waals surface area contributed by atoms with Crippen molar-refractivity contribution >= 4 is 23.6 Å². The van der Waals surface area contributed by atoms with Gasteiger partial charge in [-0.3, -0.25) is 14.3 Å². The van der Waals surface area contributed by atoms with E-state index in [1.54, 1.807) is 27.5 Å². The summed E-state index contributed by atoms with van der Waals surface area (Å²) in [4.78, 5) is 27.0. The number of aromatic nitrogens is 2. The lowest BCUT2D eigenvalue weighted by Gasteiger charge is -2.18. The lowest BCUT2D eigenvalue weighted by atomic mass is 9.89. The number of benzene rings is 1. The molecule has 0 unspecified atom stereocenters. The molecule has 0 spiro atoms. The standard InChI is InChI=1S/C20H26N4O2S/c1-4-27-12-14-7-5-6-8-15(14)20(26)24-10-17(18(11-24)19(21)25)16-9-22-23(3)13(16)2/h5-9,17-18H,4,10-12H2,1-3H3,(H2,21,25)/t17-,18+/m1/s1. The number of likely N-dealkylation sites (tertiary alicyclic amines) is 1. The zero-order valence-corrected chi connectivity index (χ0v) is 16.8. The van der Waals surface area contributed by atoms with Crippen LogP contribution in [0, 0.1) is 12.8 Å². The van der Waals surface area contributed by atoms with E-state index in [1.807, 2.05) is 38.2 Å². The van der Waals surface area contributed by atoms with Gasteiger partial charge in [-0.2, -0.15) is 16.9 Å². The maximum atomic E-state index is 13.2. The second-order valence-electron chi connectivity index (χ2n) is 6.93. The SMILES string of the molecule is CCSCc1ccccc1C(=O)N1C[C@H](C(N)=O)[C@@H](c2cnn(C)c2C)C1. The average Bonchev–Trinajstić information content (AvgIpc) is 3.24. The summed E-state index contributed by atoms with van der Waals surface area (Å²) >= 11 is 1.79. The molecule has 2 aromatic rings. The Morgan fingerprint density at radius 2 is 2.04 bits per heavy atom. The number of carbonyl (C=O) groups is 2. The number of rotatable bonds is 6. The van der Waals surface area contributed by atoms with Crippen molar-refractivity contribution in [2.45, 2.75) is 25.5 Å². The molecule has 2 atom stereocenters. The van der Waals surface area contributed by atoms with Gasteiger partial charge < -0.3 is 10.6 Å². The highest BCUT2D eigenvalue weighted by molar-refractivity contribution is 7.98. The molecule has 2 amide bonds. The molecule has 27 heavy (non-hydrogen) atoms. The summed E-state index contributed by atoms with van der Waals surface area (Å²) in [6.45, 7) is 4.91. The van der Waals surface area contributed by atoms with Crippen LogP contribution < -0.4 is 5.73 Å². The molecule has 1 aliphatic rings. The van der Waals surface area contributed by atoms with Crippen LogP contribution in [-0.2, 0) is 17.6 Å². The van der Waals surface area contributed by atoms with Crippen LogP contribution in [0.15, 0.2) is 30.5 Å². The molecule has 1 aromatic carbocycles. The van der Waals surface area contributed by atoms with Crippen LogP contribution >= 0.6 is 11.8 Å². The molecular formula is C20H26N4O2S. The van der Waals surface area contributed by atoms with E-state index >= 15 is 0 Å². The van der Waals surface area contributed by atoms with Gasteiger partial charge in [-0.15, -0.1) is 0 Å². The first kappa shape index (κ1) is 19.5. The zero-order valence-electron chi connectivity index (χ0n) is 16.0. The van der Waals surface area contributed by atoms with Crippen LogP contribution in [-0.4, -0.2) is 45.3 Å². The third-order valence-electron chi connectivity index (χ3n) is 5.35. The fourth-order valence-electron chi connectivity index (χ4n) is 3.69. The van der Waals surface area contributed by atoms with Crippen molar-refractivity contribution < 1.29 is 9.59 Å². The molecule has 144 valence electrons. The number of amides is 2. The molecule has 0 aliphatic carbocycles. The van der Waals surface area contributed by atoms with Gasteiger partial charge >= 0.3 is 0 Å². The molecule has 1 fully saturated rings. The molecule has 0 radical (unpaired) electrons. The van der Waals surface area contributed by atoms with E-state index in [0.717, 1.165) is 28.3 Å². The van der Waals surface area contributed by atoms with Gasteiger partial charge in [-0.1, -0.05) is 25.1 Å². The van der Waals surface area contributed by atoms with E-state index in [-0.39, 0.29) is 17.7 Å². The van der Waals surface area contributed by atoms with Crippen LogP contribution in [0.2, 0.25) is 0 Å². The zero-order chi connectivity index (χ0) is 19.6. The Morgan fingerprint density at radius 1 is 1.30 bits per heavy atom. The van der Waals surface area contributed by atoms with Crippen molar-refractivity contribution in [3.8, 4) is 0 Å². The lowest BCUT2D eigenvalue weighted by Crippen LogP contribution is -2.32. The molecule has 1 saturated heterocycles. The Balaban J connectivity index is 1.87. The first-order valence-corrected chi connectivity index (χ1v) is 10.3. The largest absolute Gasteiger partial charge is 0.369 e. The predicted molar refractivity (Wildman–Crippen MR) is 108 cm³/mol. The number of primary amides is 1. The minimum absolute atomic E-state index is 0.0300. The van der Waals surface area contributed by atoms with Crippen LogP contribution in [0.25, 0.3) is 0 Å². The minimum Gasteiger partial charge on any atom is -0.369 e.